The van der Waals surface area contributed by atoms with Crippen LogP contribution in [0, 0.1) is 11.8 Å². The Hall–Kier alpha value is -0.370. The maximum atomic E-state index is 12.2. The average Bonchev–Trinajstić information content (AvgIpc) is 2.53. The molecule has 2 heteroatoms. The third-order valence-corrected chi connectivity index (χ3v) is 5.51. The van der Waals surface area contributed by atoms with Crippen LogP contribution in [0.1, 0.15) is 44.9 Å². The van der Waals surface area contributed by atoms with Crippen molar-refractivity contribution in [3.63, 3.8) is 0 Å². The van der Waals surface area contributed by atoms with Crippen LogP contribution in [-0.2, 0) is 4.79 Å². The molecule has 3 atom stereocenters. The van der Waals surface area contributed by atoms with E-state index in [9.17, 15) is 4.79 Å². The topological polar surface area (TPSA) is 17.1 Å². The van der Waals surface area contributed by atoms with Crippen molar-refractivity contribution in [3.8, 4) is 0 Å². The molecular weight excluding hydrogens is 198 g/mol. The van der Waals surface area contributed by atoms with Crippen molar-refractivity contribution in [3.05, 3.63) is 0 Å². The second-order valence-corrected chi connectivity index (χ2v) is 6.42. The monoisotopic (exact) mass is 222 g/mol. The molecule has 0 spiro atoms. The molecule has 0 aromatic rings. The minimum atomic E-state index is 0.432. The maximum Gasteiger partial charge on any atom is 0.144 e. The van der Waals surface area contributed by atoms with Crippen LogP contribution in [0.3, 0.4) is 0 Å². The summed E-state index contributed by atoms with van der Waals surface area (Å²) >= 11 is 0. The van der Waals surface area contributed by atoms with Gasteiger partial charge in [-0.25, -0.2) is 0 Å². The molecule has 3 fully saturated rings. The van der Waals surface area contributed by atoms with E-state index in [-0.39, 0.29) is 0 Å². The summed E-state index contributed by atoms with van der Waals surface area (Å²) in [4.78, 5) is 12.2. The average molecular weight is 222 g/mol. The summed E-state index contributed by atoms with van der Waals surface area (Å²) in [6.07, 6.45) is 9.05. The van der Waals surface area contributed by atoms with Gasteiger partial charge in [-0.05, 0) is 38.5 Å². The zero-order valence-corrected chi connectivity index (χ0v) is 10.5. The summed E-state index contributed by atoms with van der Waals surface area (Å²) in [6, 6.07) is 0.673. The molecule has 3 aliphatic rings. The number of hydrogen-bond donors (Lipinski definition) is 0. The van der Waals surface area contributed by atoms with Crippen LogP contribution in [0.15, 0.2) is 0 Å². The predicted molar refractivity (Wildman–Crippen MR) is 64.0 cm³/mol. The summed E-state index contributed by atoms with van der Waals surface area (Å²) in [6.45, 7) is 2.64. The lowest BCUT2D eigenvalue weighted by atomic mass is 9.81. The highest BCUT2D eigenvalue weighted by Gasteiger charge is 2.50. The predicted octanol–water partition coefficient (Wildman–Crippen LogP) is 2.37. The number of rotatable bonds is 1. The van der Waals surface area contributed by atoms with Crippen LogP contribution in [0.4, 0.5) is 0 Å². The number of ketones is 1. The Bertz CT molecular complexity index is 293. The molecule has 2 nitrogen and oxygen atoms in total. The van der Waals surface area contributed by atoms with E-state index in [1.807, 2.05) is 0 Å². The number of hydrogen-bond acceptors (Lipinski definition) is 1. The molecule has 90 valence electrons. The minimum Gasteiger partial charge on any atom is -0.323 e. The molecule has 0 radical (unpaired) electrons. The van der Waals surface area contributed by atoms with E-state index in [0.29, 0.717) is 23.7 Å². The summed E-state index contributed by atoms with van der Waals surface area (Å²) in [5.74, 6) is 1.51. The van der Waals surface area contributed by atoms with E-state index in [1.165, 1.54) is 62.5 Å². The minimum absolute atomic E-state index is 0.432. The molecule has 0 unspecified atom stereocenters. The third-order valence-electron chi connectivity index (χ3n) is 5.51. The van der Waals surface area contributed by atoms with Crippen LogP contribution in [-0.4, -0.2) is 36.4 Å². The lowest BCUT2D eigenvalue weighted by molar-refractivity contribution is -0.940. The highest BCUT2D eigenvalue weighted by Crippen LogP contribution is 2.43. The Morgan fingerprint density at radius 2 is 1.69 bits per heavy atom. The maximum absolute atomic E-state index is 12.2. The number of likely N-dealkylation sites (tertiary alicyclic amines) is 1. The van der Waals surface area contributed by atoms with Gasteiger partial charge in [0.1, 0.15) is 5.78 Å². The zero-order chi connectivity index (χ0) is 11.2. The third kappa shape index (κ3) is 1.54. The molecule has 3 rings (SSSR count). The van der Waals surface area contributed by atoms with Gasteiger partial charge in [0.15, 0.2) is 0 Å². The van der Waals surface area contributed by atoms with Gasteiger partial charge in [0.2, 0.25) is 0 Å². The molecule has 2 saturated carbocycles. The fraction of sp³-hybridized carbons (Fsp3) is 0.929. The van der Waals surface area contributed by atoms with Crippen LogP contribution < -0.4 is 0 Å². The van der Waals surface area contributed by atoms with Crippen molar-refractivity contribution >= 4 is 5.78 Å². The number of carbonyl (C=O) groups excluding carboxylic acids is 1. The molecular formula is C14H24NO+. The lowest BCUT2D eigenvalue weighted by Gasteiger charge is -2.47. The molecule has 0 aromatic carbocycles. The molecule has 2 aliphatic carbocycles. The number of Topliss-reactive ketones (excluding diaryl/α,β-unsaturated/α-hetero) is 1. The van der Waals surface area contributed by atoms with Gasteiger partial charge in [-0.1, -0.05) is 0 Å². The van der Waals surface area contributed by atoms with Gasteiger partial charge in [-0.2, -0.15) is 0 Å². The van der Waals surface area contributed by atoms with Gasteiger partial charge in [0.05, 0.1) is 32.1 Å². The van der Waals surface area contributed by atoms with Gasteiger partial charge in [-0.15, -0.1) is 0 Å². The number of nitrogens with zero attached hydrogens (tertiary/aromatic N) is 1. The molecule has 1 saturated heterocycles. The molecule has 1 heterocycles. The zero-order valence-electron chi connectivity index (χ0n) is 10.5. The van der Waals surface area contributed by atoms with Crippen LogP contribution in [0.2, 0.25) is 0 Å². The van der Waals surface area contributed by atoms with Crippen molar-refractivity contribution in [2.45, 2.75) is 51.0 Å². The van der Waals surface area contributed by atoms with Gasteiger partial charge in [0, 0.05) is 12.3 Å². The van der Waals surface area contributed by atoms with Gasteiger partial charge in [-0.3, -0.25) is 4.79 Å². The van der Waals surface area contributed by atoms with Crippen molar-refractivity contribution < 1.29 is 9.28 Å². The lowest BCUT2D eigenvalue weighted by Crippen LogP contribution is -2.59. The van der Waals surface area contributed by atoms with Crippen LogP contribution >= 0.6 is 0 Å². The van der Waals surface area contributed by atoms with Gasteiger partial charge >= 0.3 is 0 Å². The van der Waals surface area contributed by atoms with E-state index < -0.39 is 0 Å². The highest BCUT2D eigenvalue weighted by molar-refractivity contribution is 5.86. The van der Waals surface area contributed by atoms with Crippen molar-refractivity contribution in [2.24, 2.45) is 11.8 Å². The highest BCUT2D eigenvalue weighted by atomic mass is 16.1. The molecule has 2 bridgehead atoms. The largest absolute Gasteiger partial charge is 0.323 e. The van der Waals surface area contributed by atoms with Crippen LogP contribution in [0.5, 0.6) is 0 Å². The van der Waals surface area contributed by atoms with E-state index in [4.69, 9.17) is 0 Å². The SMILES string of the molecule is C[N+]1([C@H]2CC[C@H]3CC[C@H]2C3=O)CCCCC1. The molecule has 1 aliphatic heterocycles. The first-order valence-electron chi connectivity index (χ1n) is 7.09. The normalized spacial score (nSPS) is 42.3. The number of piperidine rings is 1. The fourth-order valence-electron chi connectivity index (χ4n) is 4.52. The number of carbonyl (C=O) groups is 1. The Balaban J connectivity index is 1.81. The first-order chi connectivity index (χ1) is 7.71. The number of fused-ring (bicyclic) bond motifs is 2. The first kappa shape index (κ1) is 10.8. The fourth-order valence-corrected chi connectivity index (χ4v) is 4.52. The van der Waals surface area contributed by atoms with Gasteiger partial charge < -0.3 is 4.48 Å². The Labute approximate surface area is 98.6 Å². The van der Waals surface area contributed by atoms with E-state index in [1.54, 1.807) is 0 Å². The molecule has 0 N–H and O–H groups in total. The standard InChI is InChI=1S/C14H24NO/c1-15(9-3-2-4-10-15)13-8-6-11-5-7-12(13)14(11)16/h11-13H,2-10H2,1H3/q+1/t11-,12-,13+/m1/s1. The summed E-state index contributed by atoms with van der Waals surface area (Å²) in [5.41, 5.74) is 0. The summed E-state index contributed by atoms with van der Waals surface area (Å²) in [7, 11) is 2.41. The van der Waals surface area contributed by atoms with E-state index in [2.05, 4.69) is 7.05 Å². The van der Waals surface area contributed by atoms with E-state index >= 15 is 0 Å². The van der Waals surface area contributed by atoms with Crippen molar-refractivity contribution in [2.75, 3.05) is 20.1 Å². The van der Waals surface area contributed by atoms with E-state index in [0.717, 1.165) is 0 Å². The van der Waals surface area contributed by atoms with Crippen molar-refractivity contribution in [1.29, 1.82) is 0 Å². The second-order valence-electron chi connectivity index (χ2n) is 6.42. The quantitative estimate of drug-likeness (QED) is 0.623. The van der Waals surface area contributed by atoms with Crippen molar-refractivity contribution in [1.82, 2.24) is 0 Å². The summed E-state index contributed by atoms with van der Waals surface area (Å²) < 4.78 is 1.21. The van der Waals surface area contributed by atoms with Gasteiger partial charge in [0.25, 0.3) is 0 Å². The molecule has 0 amide bonds. The second kappa shape index (κ2) is 3.83. The Morgan fingerprint density at radius 1 is 1.00 bits per heavy atom. The first-order valence-corrected chi connectivity index (χ1v) is 7.09. The summed E-state index contributed by atoms with van der Waals surface area (Å²) in [5, 5.41) is 0. The Morgan fingerprint density at radius 3 is 2.44 bits per heavy atom. The smallest absolute Gasteiger partial charge is 0.144 e. The Kier molecular flexibility index (Phi) is 2.58. The number of quaternary nitrogens is 1. The molecule has 0 aromatic heterocycles. The molecule has 16 heavy (non-hydrogen) atoms. The van der Waals surface area contributed by atoms with Crippen LogP contribution in [0.25, 0.3) is 0 Å².